The fourth-order valence-electron chi connectivity index (χ4n) is 3.22. The highest BCUT2D eigenvalue weighted by molar-refractivity contribution is 7.89. The van der Waals surface area contributed by atoms with Crippen molar-refractivity contribution in [2.24, 2.45) is 18.9 Å². The molecule has 0 aliphatic rings. The van der Waals surface area contributed by atoms with Crippen molar-refractivity contribution < 1.29 is 17.6 Å². The maximum Gasteiger partial charge on any atom is 0.322 e. The molecule has 3 aromatic rings. The van der Waals surface area contributed by atoms with Crippen molar-refractivity contribution in [1.29, 1.82) is 0 Å². The van der Waals surface area contributed by atoms with Gasteiger partial charge in [0.2, 0.25) is 10.0 Å². The van der Waals surface area contributed by atoms with Crippen molar-refractivity contribution in [2.45, 2.75) is 39.5 Å². The molecular formula is C22H30N6O4S. The summed E-state index contributed by atoms with van der Waals surface area (Å²) >= 11 is 0. The summed E-state index contributed by atoms with van der Waals surface area (Å²) in [6, 6.07) is 7.52. The monoisotopic (exact) mass is 474 g/mol. The molecule has 0 fully saturated rings. The lowest BCUT2D eigenvalue weighted by atomic mass is 10.2. The van der Waals surface area contributed by atoms with Gasteiger partial charge in [0.15, 0.2) is 0 Å². The second-order valence-electron chi connectivity index (χ2n) is 8.80. The van der Waals surface area contributed by atoms with Crippen molar-refractivity contribution >= 4 is 21.9 Å². The SMILES string of the molecule is Cc1cc(-c2nnc(NC(=O)c3ccc(S(=O)(=O)N(CC(C)C)CC(C)C)cc3)o2)nn1C. The number of rotatable bonds is 9. The van der Waals surface area contributed by atoms with Gasteiger partial charge >= 0.3 is 6.01 Å². The molecule has 0 aliphatic carbocycles. The average molecular weight is 475 g/mol. The summed E-state index contributed by atoms with van der Waals surface area (Å²) in [6.07, 6.45) is 0. The Morgan fingerprint density at radius 1 is 1.09 bits per heavy atom. The van der Waals surface area contributed by atoms with Gasteiger partial charge in [0.05, 0.1) is 4.90 Å². The van der Waals surface area contributed by atoms with Gasteiger partial charge in [-0.1, -0.05) is 32.8 Å². The lowest BCUT2D eigenvalue weighted by Gasteiger charge is -2.25. The summed E-state index contributed by atoms with van der Waals surface area (Å²) in [4.78, 5) is 12.7. The van der Waals surface area contributed by atoms with Crippen molar-refractivity contribution in [1.82, 2.24) is 24.3 Å². The highest BCUT2D eigenvalue weighted by atomic mass is 32.2. The molecule has 11 heteroatoms. The number of benzene rings is 1. The van der Waals surface area contributed by atoms with Gasteiger partial charge in [-0.05, 0) is 49.1 Å². The van der Waals surface area contributed by atoms with Gasteiger partial charge in [-0.15, -0.1) is 5.10 Å². The maximum atomic E-state index is 13.1. The van der Waals surface area contributed by atoms with Gasteiger partial charge in [0.25, 0.3) is 11.8 Å². The zero-order valence-corrected chi connectivity index (χ0v) is 20.5. The van der Waals surface area contributed by atoms with Crippen LogP contribution >= 0.6 is 0 Å². The lowest BCUT2D eigenvalue weighted by molar-refractivity contribution is 0.102. The van der Waals surface area contributed by atoms with Crippen LogP contribution in [0, 0.1) is 18.8 Å². The van der Waals surface area contributed by atoms with Gasteiger partial charge in [0.1, 0.15) is 5.69 Å². The fourth-order valence-corrected chi connectivity index (χ4v) is 4.99. The molecule has 10 nitrogen and oxygen atoms in total. The largest absolute Gasteiger partial charge is 0.401 e. The number of hydrogen-bond donors (Lipinski definition) is 1. The third kappa shape index (κ3) is 5.85. The number of anilines is 1. The second kappa shape index (κ2) is 9.84. The standard InChI is InChI=1S/C22H30N6O4S/c1-14(2)12-28(13-15(3)4)33(30,31)18-9-7-17(8-10-18)20(29)23-22-25-24-21(32-22)19-11-16(5)27(6)26-19/h7-11,14-15H,12-13H2,1-6H3,(H,23,25,29). The topological polar surface area (TPSA) is 123 Å². The molecule has 2 heterocycles. The molecule has 0 radical (unpaired) electrons. The van der Waals surface area contributed by atoms with Gasteiger partial charge in [0, 0.05) is 31.4 Å². The molecule has 0 atom stereocenters. The first kappa shape index (κ1) is 24.6. The average Bonchev–Trinajstić information content (AvgIpc) is 3.33. The summed E-state index contributed by atoms with van der Waals surface area (Å²) < 4.78 is 34.9. The van der Waals surface area contributed by atoms with E-state index in [4.69, 9.17) is 4.42 Å². The van der Waals surface area contributed by atoms with E-state index in [1.54, 1.807) is 17.8 Å². The van der Waals surface area contributed by atoms with E-state index >= 15 is 0 Å². The molecule has 1 N–H and O–H groups in total. The van der Waals surface area contributed by atoms with Crippen LogP contribution in [-0.2, 0) is 17.1 Å². The number of amides is 1. The van der Waals surface area contributed by atoms with Gasteiger partial charge in [-0.3, -0.25) is 14.8 Å². The smallest absolute Gasteiger partial charge is 0.322 e. The van der Waals surface area contributed by atoms with E-state index in [2.05, 4.69) is 20.6 Å². The predicted octanol–water partition coefficient (Wildman–Crippen LogP) is 3.33. The van der Waals surface area contributed by atoms with Crippen LogP contribution in [0.5, 0.6) is 0 Å². The first-order valence-electron chi connectivity index (χ1n) is 10.7. The van der Waals surface area contributed by atoms with Gasteiger partial charge in [-0.25, -0.2) is 8.42 Å². The molecular weight excluding hydrogens is 444 g/mol. The zero-order valence-electron chi connectivity index (χ0n) is 19.7. The third-order valence-corrected chi connectivity index (χ3v) is 6.72. The lowest BCUT2D eigenvalue weighted by Crippen LogP contribution is -2.37. The van der Waals surface area contributed by atoms with Crippen LogP contribution in [-0.4, -0.2) is 51.7 Å². The Bertz CT molecular complexity index is 1180. The molecule has 0 spiro atoms. The first-order chi connectivity index (χ1) is 15.5. The Morgan fingerprint density at radius 2 is 1.70 bits per heavy atom. The molecule has 1 aromatic carbocycles. The van der Waals surface area contributed by atoms with Crippen LogP contribution in [0.15, 0.2) is 39.6 Å². The van der Waals surface area contributed by atoms with Crippen molar-refractivity contribution in [2.75, 3.05) is 18.4 Å². The van der Waals surface area contributed by atoms with E-state index in [9.17, 15) is 13.2 Å². The minimum Gasteiger partial charge on any atom is -0.401 e. The van der Waals surface area contributed by atoms with Crippen LogP contribution in [0.3, 0.4) is 0 Å². The third-order valence-electron chi connectivity index (χ3n) is 4.87. The molecule has 0 unspecified atom stereocenters. The Labute approximate surface area is 194 Å². The van der Waals surface area contributed by atoms with Crippen LogP contribution in [0.2, 0.25) is 0 Å². The highest BCUT2D eigenvalue weighted by Crippen LogP contribution is 2.21. The number of nitrogens with one attached hydrogen (secondary N) is 1. The fraction of sp³-hybridized carbons (Fsp3) is 0.455. The van der Waals surface area contributed by atoms with Crippen LogP contribution in [0.25, 0.3) is 11.6 Å². The van der Waals surface area contributed by atoms with E-state index in [0.717, 1.165) is 5.69 Å². The van der Waals surface area contributed by atoms with E-state index in [0.29, 0.717) is 18.8 Å². The van der Waals surface area contributed by atoms with E-state index in [1.807, 2.05) is 34.6 Å². The molecule has 0 aliphatic heterocycles. The van der Waals surface area contributed by atoms with E-state index < -0.39 is 15.9 Å². The van der Waals surface area contributed by atoms with Crippen LogP contribution in [0.4, 0.5) is 6.01 Å². The van der Waals surface area contributed by atoms with Crippen LogP contribution < -0.4 is 5.32 Å². The minimum absolute atomic E-state index is 0.0740. The molecule has 2 aromatic heterocycles. The highest BCUT2D eigenvalue weighted by Gasteiger charge is 2.26. The summed E-state index contributed by atoms with van der Waals surface area (Å²) in [5, 5.41) is 14.5. The molecule has 3 rings (SSSR count). The number of nitrogens with zero attached hydrogens (tertiary/aromatic N) is 5. The summed E-state index contributed by atoms with van der Waals surface area (Å²) in [6.45, 7) is 10.7. The Morgan fingerprint density at radius 3 is 2.21 bits per heavy atom. The van der Waals surface area contributed by atoms with Crippen molar-refractivity contribution in [3.05, 3.63) is 41.6 Å². The quantitative estimate of drug-likeness (QED) is 0.504. The van der Waals surface area contributed by atoms with Crippen molar-refractivity contribution in [3.63, 3.8) is 0 Å². The summed E-state index contributed by atoms with van der Waals surface area (Å²) in [7, 11) is -1.87. The zero-order chi connectivity index (χ0) is 24.3. The molecule has 33 heavy (non-hydrogen) atoms. The Hall–Kier alpha value is -3.05. The molecule has 0 saturated carbocycles. The minimum atomic E-state index is -3.67. The predicted molar refractivity (Wildman–Crippen MR) is 124 cm³/mol. The number of aromatic nitrogens is 4. The number of sulfonamides is 1. The summed E-state index contributed by atoms with van der Waals surface area (Å²) in [5.74, 6) is 0.0779. The second-order valence-corrected chi connectivity index (χ2v) is 10.7. The molecule has 1 amide bonds. The van der Waals surface area contributed by atoms with Gasteiger partial charge < -0.3 is 4.42 Å². The number of hydrogen-bond acceptors (Lipinski definition) is 7. The maximum absolute atomic E-state index is 13.1. The van der Waals surface area contributed by atoms with E-state index in [-0.39, 0.29) is 34.2 Å². The Kier molecular flexibility index (Phi) is 7.33. The molecule has 178 valence electrons. The van der Waals surface area contributed by atoms with E-state index in [1.165, 1.54) is 28.6 Å². The summed E-state index contributed by atoms with van der Waals surface area (Å²) in [5.41, 5.74) is 1.69. The number of aryl methyl sites for hydroxylation is 2. The molecule has 0 saturated heterocycles. The molecule has 0 bridgehead atoms. The number of carbonyl (C=O) groups is 1. The first-order valence-corrected chi connectivity index (χ1v) is 12.2. The Balaban J connectivity index is 1.73. The van der Waals surface area contributed by atoms with Gasteiger partial charge in [-0.2, -0.15) is 9.40 Å². The van der Waals surface area contributed by atoms with Crippen LogP contribution in [0.1, 0.15) is 43.7 Å². The number of carbonyl (C=O) groups excluding carboxylic acids is 1. The van der Waals surface area contributed by atoms with Crippen molar-refractivity contribution in [3.8, 4) is 11.6 Å². The normalized spacial score (nSPS) is 12.2.